The summed E-state index contributed by atoms with van der Waals surface area (Å²) in [5, 5.41) is 11.6. The fraction of sp³-hybridized carbons (Fsp3) is 0.485. The van der Waals surface area contributed by atoms with Crippen molar-refractivity contribution in [1.29, 1.82) is 0 Å². The first kappa shape index (κ1) is 34.4. The maximum Gasteiger partial charge on any atom is 0.223 e. The lowest BCUT2D eigenvalue weighted by Gasteiger charge is -2.34. The molecule has 2 aliphatic rings. The average Bonchev–Trinajstić information content (AvgIpc) is 3.78. The number of benzene rings is 1. The number of morpholine rings is 1. The quantitative estimate of drug-likeness (QED) is 0.0596. The van der Waals surface area contributed by atoms with Crippen molar-refractivity contribution in [1.82, 2.24) is 30.0 Å². The van der Waals surface area contributed by atoms with E-state index in [4.69, 9.17) is 29.7 Å². The Balaban J connectivity index is 0.995. The van der Waals surface area contributed by atoms with Gasteiger partial charge in [-0.15, -0.1) is 11.3 Å². The Kier molecular flexibility index (Phi) is 12.1. The number of carbonyl (C=O) groups excluding carboxylic acids is 2. The fourth-order valence-corrected chi connectivity index (χ4v) is 7.02. The highest BCUT2D eigenvalue weighted by Gasteiger charge is 2.24. The van der Waals surface area contributed by atoms with Crippen LogP contribution in [0.25, 0.3) is 43.0 Å². The second-order valence-corrected chi connectivity index (χ2v) is 12.8. The number of hydrogen-bond donors (Lipinski definition) is 1. The zero-order chi connectivity index (χ0) is 33.8. The van der Waals surface area contributed by atoms with Crippen LogP contribution in [-0.2, 0) is 30.3 Å². The number of nitrogens with zero attached hydrogens (tertiary/aromatic N) is 9. The zero-order valence-electron chi connectivity index (χ0n) is 27.3. The molecule has 1 amide bonds. The monoisotopic (exact) mass is 688 g/mol. The molecule has 2 fully saturated rings. The van der Waals surface area contributed by atoms with Crippen LogP contribution in [0.15, 0.2) is 47.7 Å². The van der Waals surface area contributed by atoms with E-state index in [1.807, 2.05) is 29.3 Å². The standard InChI is InChI=1S/C33H40N10O5S/c34-40-35-8-16-47-20-19-46-15-2-3-24(44)6-7-30(45)42-11-9-41(10-12-42)23-25-21-29-31(49-25)33(43-13-17-48-18-14-43)38-32(37-29)26-4-1-5-28-27(26)22-36-39-28/h1-5,21-22H,6-20,23H2,(H,36,39). The van der Waals surface area contributed by atoms with E-state index in [-0.39, 0.29) is 37.7 Å². The first-order valence-electron chi connectivity index (χ1n) is 16.5. The highest BCUT2D eigenvalue weighted by molar-refractivity contribution is 7.19. The van der Waals surface area contributed by atoms with Gasteiger partial charge in [-0.3, -0.25) is 19.6 Å². The van der Waals surface area contributed by atoms with Gasteiger partial charge < -0.3 is 24.0 Å². The van der Waals surface area contributed by atoms with E-state index in [2.05, 4.69) is 36.1 Å². The van der Waals surface area contributed by atoms with Gasteiger partial charge in [0.25, 0.3) is 0 Å². The molecule has 6 rings (SSSR count). The minimum atomic E-state index is -0.102. The number of anilines is 1. The Bertz CT molecular complexity index is 1810. The van der Waals surface area contributed by atoms with Crippen molar-refractivity contribution >= 4 is 50.0 Å². The molecule has 15 nitrogen and oxygen atoms in total. The van der Waals surface area contributed by atoms with Gasteiger partial charge in [0.15, 0.2) is 17.4 Å². The van der Waals surface area contributed by atoms with Crippen LogP contribution in [0.2, 0.25) is 0 Å². The largest absolute Gasteiger partial charge is 0.379 e. The number of amides is 1. The molecule has 0 radical (unpaired) electrons. The van der Waals surface area contributed by atoms with Crippen LogP contribution in [0, 0.1) is 0 Å². The van der Waals surface area contributed by atoms with E-state index in [9.17, 15) is 9.59 Å². The lowest BCUT2D eigenvalue weighted by atomic mass is 10.1. The van der Waals surface area contributed by atoms with Crippen molar-refractivity contribution in [2.24, 2.45) is 5.11 Å². The molecular formula is C33H40N10O5S. The van der Waals surface area contributed by atoms with Crippen LogP contribution in [-0.4, -0.2) is 127 Å². The van der Waals surface area contributed by atoms with Crippen molar-refractivity contribution in [3.63, 3.8) is 0 Å². The van der Waals surface area contributed by atoms with Gasteiger partial charge >= 0.3 is 0 Å². The summed E-state index contributed by atoms with van der Waals surface area (Å²) in [5.74, 6) is 1.53. The van der Waals surface area contributed by atoms with E-state index in [0.29, 0.717) is 51.9 Å². The van der Waals surface area contributed by atoms with Gasteiger partial charge in [0.1, 0.15) is 0 Å². The van der Waals surface area contributed by atoms with E-state index in [1.165, 1.54) is 11.0 Å². The number of ketones is 1. The molecule has 49 heavy (non-hydrogen) atoms. The van der Waals surface area contributed by atoms with Crippen LogP contribution in [0.4, 0.5) is 5.82 Å². The number of allylic oxidation sites excluding steroid dienone is 1. The molecule has 0 atom stereocenters. The number of nitrogens with one attached hydrogen (secondary N) is 1. The van der Waals surface area contributed by atoms with E-state index >= 15 is 0 Å². The van der Waals surface area contributed by atoms with Gasteiger partial charge in [0.05, 0.1) is 61.6 Å². The number of aromatic nitrogens is 4. The maximum absolute atomic E-state index is 12.9. The predicted octanol–water partition coefficient (Wildman–Crippen LogP) is 3.96. The Morgan fingerprint density at radius 1 is 1.06 bits per heavy atom. The van der Waals surface area contributed by atoms with E-state index < -0.39 is 0 Å². The van der Waals surface area contributed by atoms with Crippen molar-refractivity contribution < 1.29 is 23.8 Å². The first-order chi connectivity index (χ1) is 24.1. The molecule has 4 aromatic rings. The topological polar surface area (TPSA) is 175 Å². The van der Waals surface area contributed by atoms with Crippen LogP contribution >= 0.6 is 11.3 Å². The van der Waals surface area contributed by atoms with Gasteiger partial charge in [-0.25, -0.2) is 9.97 Å². The number of hydrogen-bond acceptors (Lipinski definition) is 12. The van der Waals surface area contributed by atoms with Crippen LogP contribution in [0.1, 0.15) is 17.7 Å². The highest BCUT2D eigenvalue weighted by atomic mass is 32.1. The van der Waals surface area contributed by atoms with E-state index in [0.717, 1.165) is 65.2 Å². The molecule has 1 N–H and O–H groups in total. The molecule has 3 aromatic heterocycles. The summed E-state index contributed by atoms with van der Waals surface area (Å²) in [6.07, 6.45) is 5.30. The summed E-state index contributed by atoms with van der Waals surface area (Å²) in [6, 6.07) is 8.21. The second kappa shape index (κ2) is 17.3. The summed E-state index contributed by atoms with van der Waals surface area (Å²) in [4.78, 5) is 45.6. The summed E-state index contributed by atoms with van der Waals surface area (Å²) >= 11 is 1.73. The van der Waals surface area contributed by atoms with Crippen LogP contribution < -0.4 is 4.90 Å². The lowest BCUT2D eigenvalue weighted by Crippen LogP contribution is -2.48. The normalized spacial score (nSPS) is 15.8. The smallest absolute Gasteiger partial charge is 0.223 e. The number of rotatable bonds is 16. The zero-order valence-corrected chi connectivity index (χ0v) is 28.1. The minimum absolute atomic E-state index is 0.00277. The van der Waals surface area contributed by atoms with Gasteiger partial charge in [-0.1, -0.05) is 23.3 Å². The Labute approximate surface area is 287 Å². The Morgan fingerprint density at radius 3 is 2.73 bits per heavy atom. The number of carbonyl (C=O) groups is 2. The highest BCUT2D eigenvalue weighted by Crippen LogP contribution is 2.36. The predicted molar refractivity (Wildman–Crippen MR) is 186 cm³/mol. The molecule has 258 valence electrons. The number of aromatic amines is 1. The molecule has 0 aliphatic carbocycles. The minimum Gasteiger partial charge on any atom is -0.379 e. The molecule has 16 heteroatoms. The van der Waals surface area contributed by atoms with Crippen molar-refractivity contribution in [2.75, 3.05) is 90.4 Å². The second-order valence-electron chi connectivity index (χ2n) is 11.7. The van der Waals surface area contributed by atoms with Gasteiger partial charge in [-0.2, -0.15) is 5.10 Å². The molecule has 0 saturated carbocycles. The summed E-state index contributed by atoms with van der Waals surface area (Å²) < 4.78 is 17.3. The average molecular weight is 689 g/mol. The molecule has 1 aromatic carbocycles. The summed E-state index contributed by atoms with van der Waals surface area (Å²) in [5.41, 5.74) is 11.0. The number of azide groups is 1. The van der Waals surface area contributed by atoms with Crippen molar-refractivity contribution in [3.05, 3.63) is 57.9 Å². The number of fused-ring (bicyclic) bond motifs is 2. The number of ether oxygens (including phenoxy) is 3. The van der Waals surface area contributed by atoms with E-state index in [1.54, 1.807) is 17.4 Å². The summed E-state index contributed by atoms with van der Waals surface area (Å²) in [7, 11) is 0. The molecule has 0 bridgehead atoms. The molecule has 5 heterocycles. The van der Waals surface area contributed by atoms with Gasteiger partial charge in [-0.05, 0) is 23.7 Å². The Hall–Kier alpha value is -4.44. The van der Waals surface area contributed by atoms with Crippen LogP contribution in [0.5, 0.6) is 0 Å². The number of piperazine rings is 1. The fourth-order valence-electron chi connectivity index (χ4n) is 5.86. The SMILES string of the molecule is [N-]=[N+]=NCCOCCOCC=CC(=O)CCC(=O)N1CCN(Cc2cc3nc(-c4cccc5[nH]ncc45)nc(N4CCOCC4)c3s2)CC1. The Morgan fingerprint density at radius 2 is 1.90 bits per heavy atom. The molecule has 0 spiro atoms. The third-order valence-electron chi connectivity index (χ3n) is 8.42. The molecule has 2 aliphatic heterocycles. The van der Waals surface area contributed by atoms with Gasteiger partial charge in [0, 0.05) is 85.9 Å². The number of thiophene rings is 1. The maximum atomic E-state index is 12.9. The molecule has 0 unspecified atom stereocenters. The molecular weight excluding hydrogens is 648 g/mol. The molecule has 2 saturated heterocycles. The lowest BCUT2D eigenvalue weighted by molar-refractivity contribution is -0.134. The van der Waals surface area contributed by atoms with Crippen molar-refractivity contribution in [3.8, 4) is 11.4 Å². The number of H-pyrrole nitrogens is 1. The van der Waals surface area contributed by atoms with Crippen LogP contribution in [0.3, 0.4) is 0 Å². The van der Waals surface area contributed by atoms with Crippen molar-refractivity contribution in [2.45, 2.75) is 19.4 Å². The first-order valence-corrected chi connectivity index (χ1v) is 17.3. The summed E-state index contributed by atoms with van der Waals surface area (Å²) in [6.45, 7) is 8.10. The third kappa shape index (κ3) is 9.17. The van der Waals surface area contributed by atoms with Gasteiger partial charge in [0.2, 0.25) is 5.91 Å². The third-order valence-corrected chi connectivity index (χ3v) is 9.52.